The maximum absolute atomic E-state index is 12.9. The van der Waals surface area contributed by atoms with Gasteiger partial charge in [-0.15, -0.1) is 0 Å². The Balaban J connectivity index is 1.38. The molecule has 2 amide bonds. The third-order valence-electron chi connectivity index (χ3n) is 5.70. The first kappa shape index (κ1) is 16.1. The van der Waals surface area contributed by atoms with E-state index in [1.54, 1.807) is 6.26 Å². The number of anilines is 1. The van der Waals surface area contributed by atoms with Crippen LogP contribution >= 0.6 is 0 Å². The molecule has 1 N–H and O–H groups in total. The minimum Gasteiger partial charge on any atom is -0.444 e. The van der Waals surface area contributed by atoms with E-state index in [1.165, 1.54) is 11.1 Å². The molecule has 1 aromatic heterocycles. The van der Waals surface area contributed by atoms with Gasteiger partial charge in [0.05, 0.1) is 11.7 Å². The molecular weight excluding hydrogens is 338 g/mol. The molecule has 2 atom stereocenters. The molecule has 5 nitrogen and oxygen atoms in total. The monoisotopic (exact) mass is 359 g/mol. The second-order valence-electron chi connectivity index (χ2n) is 7.48. The number of benzene rings is 2. The molecule has 0 spiro atoms. The van der Waals surface area contributed by atoms with E-state index in [2.05, 4.69) is 34.6 Å². The van der Waals surface area contributed by atoms with Gasteiger partial charge < -0.3 is 14.6 Å². The van der Waals surface area contributed by atoms with Gasteiger partial charge in [0.15, 0.2) is 0 Å². The first-order chi connectivity index (χ1) is 13.1. The average molecular weight is 359 g/mol. The minimum atomic E-state index is -0.0459. The molecule has 1 saturated heterocycles. The van der Waals surface area contributed by atoms with Crippen LogP contribution in [0.3, 0.4) is 0 Å². The fraction of sp³-hybridized carbons (Fsp3) is 0.273. The lowest BCUT2D eigenvalue weighted by Crippen LogP contribution is -2.36. The Kier molecular flexibility index (Phi) is 3.57. The number of fused-ring (bicyclic) bond motifs is 5. The quantitative estimate of drug-likeness (QED) is 0.698. The lowest BCUT2D eigenvalue weighted by molar-refractivity contribution is 0.205. The molecule has 2 heterocycles. The third kappa shape index (κ3) is 2.62. The van der Waals surface area contributed by atoms with Crippen LogP contribution in [-0.2, 0) is 0 Å². The molecule has 1 aliphatic carbocycles. The Bertz CT molecular complexity index is 1040. The molecule has 3 aromatic rings. The summed E-state index contributed by atoms with van der Waals surface area (Å²) in [4.78, 5) is 19.3. The van der Waals surface area contributed by atoms with E-state index >= 15 is 0 Å². The van der Waals surface area contributed by atoms with Crippen LogP contribution in [0.2, 0.25) is 0 Å². The Hall–Kier alpha value is -3.08. The number of nitrogens with zero attached hydrogens (tertiary/aromatic N) is 2. The number of aryl methyl sites for hydroxylation is 2. The zero-order chi connectivity index (χ0) is 18.5. The number of carbonyl (C=O) groups excluding carboxylic acids is 1. The molecule has 5 heteroatoms. The van der Waals surface area contributed by atoms with Crippen LogP contribution in [-0.4, -0.2) is 22.5 Å². The van der Waals surface area contributed by atoms with Gasteiger partial charge in [-0.25, -0.2) is 9.78 Å². The van der Waals surface area contributed by atoms with Crippen LogP contribution in [0, 0.1) is 13.8 Å². The Morgan fingerprint density at radius 1 is 1.19 bits per heavy atom. The van der Waals surface area contributed by atoms with Crippen LogP contribution in [0.5, 0.6) is 0 Å². The van der Waals surface area contributed by atoms with E-state index in [9.17, 15) is 4.79 Å². The maximum Gasteiger partial charge on any atom is 0.322 e. The van der Waals surface area contributed by atoms with Crippen LogP contribution in [0.4, 0.5) is 10.5 Å². The highest BCUT2D eigenvalue weighted by Gasteiger charge is 2.44. The second kappa shape index (κ2) is 5.98. The van der Waals surface area contributed by atoms with Gasteiger partial charge >= 0.3 is 6.03 Å². The zero-order valence-corrected chi connectivity index (χ0v) is 15.4. The van der Waals surface area contributed by atoms with Crippen molar-refractivity contribution in [3.05, 3.63) is 71.1 Å². The second-order valence-corrected chi connectivity index (χ2v) is 7.48. The van der Waals surface area contributed by atoms with E-state index < -0.39 is 0 Å². The summed E-state index contributed by atoms with van der Waals surface area (Å²) in [5.41, 5.74) is 6.25. The van der Waals surface area contributed by atoms with Crippen molar-refractivity contribution in [3.8, 4) is 11.5 Å². The summed E-state index contributed by atoms with van der Waals surface area (Å²) < 4.78 is 5.54. The first-order valence-corrected chi connectivity index (χ1v) is 9.30. The number of rotatable bonds is 2. The fourth-order valence-corrected chi connectivity index (χ4v) is 4.37. The van der Waals surface area contributed by atoms with Crippen molar-refractivity contribution >= 4 is 11.7 Å². The van der Waals surface area contributed by atoms with Crippen LogP contribution in [0.1, 0.15) is 40.8 Å². The zero-order valence-electron chi connectivity index (χ0n) is 15.4. The number of aromatic nitrogens is 1. The molecule has 136 valence electrons. The van der Waals surface area contributed by atoms with Crippen LogP contribution < -0.4 is 5.32 Å². The molecule has 0 saturated carbocycles. The normalized spacial score (nSPS) is 20.0. The van der Waals surface area contributed by atoms with Crippen molar-refractivity contribution in [1.29, 1.82) is 0 Å². The van der Waals surface area contributed by atoms with E-state index in [-0.39, 0.29) is 12.1 Å². The molecule has 0 unspecified atom stereocenters. The first-order valence-electron chi connectivity index (χ1n) is 9.30. The molecule has 0 radical (unpaired) electrons. The number of oxazole rings is 1. The van der Waals surface area contributed by atoms with Crippen molar-refractivity contribution < 1.29 is 9.21 Å². The highest BCUT2D eigenvalue weighted by atomic mass is 16.3. The van der Waals surface area contributed by atoms with E-state index in [1.807, 2.05) is 36.9 Å². The summed E-state index contributed by atoms with van der Waals surface area (Å²) in [6, 6.07) is 14.5. The number of hydrogen-bond acceptors (Lipinski definition) is 3. The van der Waals surface area contributed by atoms with Crippen molar-refractivity contribution in [2.75, 3.05) is 11.9 Å². The minimum absolute atomic E-state index is 0.0459. The molecule has 2 aliphatic rings. The van der Waals surface area contributed by atoms with E-state index in [4.69, 9.17) is 4.42 Å². The van der Waals surface area contributed by atoms with Crippen molar-refractivity contribution in [3.63, 3.8) is 0 Å². The number of urea groups is 1. The summed E-state index contributed by atoms with van der Waals surface area (Å²) in [5.74, 6) is 1.04. The lowest BCUT2D eigenvalue weighted by atomic mass is 9.99. The highest BCUT2D eigenvalue weighted by molar-refractivity contribution is 5.91. The standard InChI is InChI=1S/C22H21N3O2/c1-13-7-8-16(10-19(13)21-23-14(2)12-27-21)24-22(26)25-11-15-9-20(25)18-6-4-3-5-17(15)18/h3-8,10,12,15,20H,9,11H2,1-2H3,(H,24,26)/t15-,20-/m0/s1. The highest BCUT2D eigenvalue weighted by Crippen LogP contribution is 2.50. The average Bonchev–Trinajstić information content (AvgIpc) is 3.38. The van der Waals surface area contributed by atoms with Gasteiger partial charge in [-0.3, -0.25) is 0 Å². The van der Waals surface area contributed by atoms with E-state index in [0.29, 0.717) is 11.8 Å². The third-order valence-corrected chi connectivity index (χ3v) is 5.70. The summed E-state index contributed by atoms with van der Waals surface area (Å²) in [5, 5.41) is 3.06. The predicted molar refractivity (Wildman–Crippen MR) is 104 cm³/mol. The summed E-state index contributed by atoms with van der Waals surface area (Å²) >= 11 is 0. The molecule has 27 heavy (non-hydrogen) atoms. The largest absolute Gasteiger partial charge is 0.444 e. The Labute approximate surface area is 158 Å². The van der Waals surface area contributed by atoms with Crippen molar-refractivity contribution in [1.82, 2.24) is 9.88 Å². The Morgan fingerprint density at radius 2 is 2.00 bits per heavy atom. The van der Waals surface area contributed by atoms with Gasteiger partial charge in [-0.05, 0) is 49.1 Å². The number of amides is 2. The number of nitrogens with one attached hydrogen (secondary N) is 1. The van der Waals surface area contributed by atoms with Crippen LogP contribution in [0.15, 0.2) is 53.1 Å². The van der Waals surface area contributed by atoms with Gasteiger partial charge in [0, 0.05) is 23.7 Å². The Morgan fingerprint density at radius 3 is 2.78 bits per heavy atom. The number of carbonyl (C=O) groups is 1. The van der Waals surface area contributed by atoms with Crippen LogP contribution in [0.25, 0.3) is 11.5 Å². The van der Waals surface area contributed by atoms with E-state index in [0.717, 1.165) is 35.5 Å². The van der Waals surface area contributed by atoms with Gasteiger partial charge in [0.25, 0.3) is 0 Å². The molecular formula is C22H21N3O2. The van der Waals surface area contributed by atoms with Crippen molar-refractivity contribution in [2.45, 2.75) is 32.2 Å². The molecule has 5 rings (SSSR count). The van der Waals surface area contributed by atoms with Gasteiger partial charge in [-0.2, -0.15) is 0 Å². The molecule has 1 aliphatic heterocycles. The predicted octanol–water partition coefficient (Wildman–Crippen LogP) is 5.03. The SMILES string of the molecule is Cc1coc(-c2cc(NC(=O)N3C[C@@H]4C[C@H]3c3ccccc34)ccc2C)n1. The smallest absolute Gasteiger partial charge is 0.322 e. The van der Waals surface area contributed by atoms with Gasteiger partial charge in [-0.1, -0.05) is 30.3 Å². The molecule has 1 fully saturated rings. The maximum atomic E-state index is 12.9. The topological polar surface area (TPSA) is 58.4 Å². The molecule has 2 bridgehead atoms. The summed E-state index contributed by atoms with van der Waals surface area (Å²) in [6.45, 7) is 4.69. The van der Waals surface area contributed by atoms with Gasteiger partial charge in [0.2, 0.25) is 5.89 Å². The fourth-order valence-electron chi connectivity index (χ4n) is 4.37. The number of hydrogen-bond donors (Lipinski definition) is 1. The van der Waals surface area contributed by atoms with Crippen molar-refractivity contribution in [2.24, 2.45) is 0 Å². The van der Waals surface area contributed by atoms with Gasteiger partial charge in [0.1, 0.15) is 6.26 Å². The summed E-state index contributed by atoms with van der Waals surface area (Å²) in [6.07, 6.45) is 2.67. The lowest BCUT2D eigenvalue weighted by Gasteiger charge is -2.29. The molecule has 2 aromatic carbocycles. The summed E-state index contributed by atoms with van der Waals surface area (Å²) in [7, 11) is 0. The number of likely N-dealkylation sites (tertiary alicyclic amines) is 1.